The molecule has 0 atom stereocenters. The molecule has 1 fully saturated rings. The highest BCUT2D eigenvalue weighted by Crippen LogP contribution is 2.25. The lowest BCUT2D eigenvalue weighted by Gasteiger charge is -2.27. The molecule has 0 aliphatic carbocycles. The highest BCUT2D eigenvalue weighted by atomic mass is 16.5. The Morgan fingerprint density at radius 1 is 1.14 bits per heavy atom. The van der Waals surface area contributed by atoms with Crippen molar-refractivity contribution in [3.63, 3.8) is 0 Å². The van der Waals surface area contributed by atoms with Gasteiger partial charge in [0.05, 0.1) is 31.5 Å². The number of benzene rings is 2. The molecule has 6 heteroatoms. The molecule has 3 aromatic rings. The molecule has 3 N–H and O–H groups in total. The van der Waals surface area contributed by atoms with Gasteiger partial charge in [-0.05, 0) is 36.4 Å². The Morgan fingerprint density at radius 3 is 2.45 bits per heavy atom. The standard InChI is InChI=1S/C23H26N4O2/c1-29-21-9-7-17(8-10-21)22-19(15-26-13-11-18(12-14-26)23(24)28)16-27(25-22)20-5-3-2-4-6-20/h2-10,16,18H,11-15H2,1H3,(H2,24,28)/p+1. The van der Waals surface area contributed by atoms with Crippen molar-refractivity contribution < 1.29 is 14.4 Å². The second-order valence-corrected chi connectivity index (χ2v) is 7.61. The number of likely N-dealkylation sites (tertiary alicyclic amines) is 1. The molecule has 29 heavy (non-hydrogen) atoms. The van der Waals surface area contributed by atoms with Gasteiger partial charge in [0.1, 0.15) is 18.0 Å². The van der Waals surface area contributed by atoms with Crippen molar-refractivity contribution >= 4 is 5.91 Å². The minimum absolute atomic E-state index is 0.0202. The zero-order chi connectivity index (χ0) is 20.2. The number of nitrogens with zero attached hydrogens (tertiary/aromatic N) is 2. The van der Waals surface area contributed by atoms with Gasteiger partial charge in [0.25, 0.3) is 0 Å². The van der Waals surface area contributed by atoms with Crippen LogP contribution in [0.1, 0.15) is 18.4 Å². The summed E-state index contributed by atoms with van der Waals surface area (Å²) >= 11 is 0. The monoisotopic (exact) mass is 391 g/mol. The van der Waals surface area contributed by atoms with Gasteiger partial charge in [-0.25, -0.2) is 4.68 Å². The number of quaternary nitrogens is 1. The van der Waals surface area contributed by atoms with Crippen LogP contribution in [0.2, 0.25) is 0 Å². The van der Waals surface area contributed by atoms with Crippen molar-refractivity contribution in [2.45, 2.75) is 19.4 Å². The smallest absolute Gasteiger partial charge is 0.220 e. The number of hydrogen-bond donors (Lipinski definition) is 2. The molecular weight excluding hydrogens is 364 g/mol. The van der Waals surface area contributed by atoms with Crippen LogP contribution >= 0.6 is 0 Å². The number of primary amides is 1. The molecule has 1 saturated heterocycles. The van der Waals surface area contributed by atoms with Crippen LogP contribution in [0.5, 0.6) is 5.75 Å². The van der Waals surface area contributed by atoms with Crippen LogP contribution in [-0.4, -0.2) is 35.9 Å². The van der Waals surface area contributed by atoms with Crippen molar-refractivity contribution in [2.24, 2.45) is 11.7 Å². The van der Waals surface area contributed by atoms with E-state index in [1.807, 2.05) is 35.0 Å². The van der Waals surface area contributed by atoms with Crippen molar-refractivity contribution in [1.82, 2.24) is 9.78 Å². The normalized spacial score (nSPS) is 19.1. The summed E-state index contributed by atoms with van der Waals surface area (Å²) < 4.78 is 7.24. The van der Waals surface area contributed by atoms with E-state index in [4.69, 9.17) is 15.6 Å². The average Bonchev–Trinajstić information content (AvgIpc) is 3.18. The number of para-hydroxylation sites is 1. The Bertz CT molecular complexity index is 958. The molecular formula is C23H27N4O2+. The predicted molar refractivity (Wildman–Crippen MR) is 112 cm³/mol. The van der Waals surface area contributed by atoms with Crippen LogP contribution in [0.25, 0.3) is 16.9 Å². The summed E-state index contributed by atoms with van der Waals surface area (Å²) in [5, 5.41) is 4.90. The fraction of sp³-hybridized carbons (Fsp3) is 0.304. The number of ether oxygens (including phenoxy) is 1. The average molecular weight is 391 g/mol. The lowest BCUT2D eigenvalue weighted by Crippen LogP contribution is -3.11. The summed E-state index contributed by atoms with van der Waals surface area (Å²) in [5.41, 5.74) is 9.78. The molecule has 0 bridgehead atoms. The number of nitrogens with two attached hydrogens (primary N) is 1. The molecule has 2 heterocycles. The molecule has 0 saturated carbocycles. The number of carbonyl (C=O) groups is 1. The first-order valence-corrected chi connectivity index (χ1v) is 10.1. The Balaban J connectivity index is 1.62. The number of rotatable bonds is 6. The Morgan fingerprint density at radius 2 is 1.83 bits per heavy atom. The fourth-order valence-corrected chi connectivity index (χ4v) is 4.00. The van der Waals surface area contributed by atoms with Crippen molar-refractivity contribution in [3.8, 4) is 22.7 Å². The largest absolute Gasteiger partial charge is 0.497 e. The summed E-state index contributed by atoms with van der Waals surface area (Å²) in [5.74, 6) is 0.684. The van der Waals surface area contributed by atoms with Gasteiger partial charge in [-0.3, -0.25) is 4.79 Å². The number of methoxy groups -OCH3 is 1. The van der Waals surface area contributed by atoms with Crippen LogP contribution in [0.15, 0.2) is 60.8 Å². The first kappa shape index (κ1) is 19.2. The molecule has 0 spiro atoms. The number of piperidine rings is 1. The van der Waals surface area contributed by atoms with Crippen LogP contribution < -0.4 is 15.4 Å². The van der Waals surface area contributed by atoms with Crippen LogP contribution in [0.3, 0.4) is 0 Å². The Labute approximate surface area is 170 Å². The van der Waals surface area contributed by atoms with Crippen molar-refractivity contribution in [3.05, 3.63) is 66.4 Å². The second-order valence-electron chi connectivity index (χ2n) is 7.61. The van der Waals surface area contributed by atoms with E-state index in [9.17, 15) is 4.79 Å². The summed E-state index contributed by atoms with van der Waals surface area (Å²) in [7, 11) is 1.67. The molecule has 1 aliphatic rings. The fourth-order valence-electron chi connectivity index (χ4n) is 4.00. The maximum Gasteiger partial charge on any atom is 0.220 e. The van der Waals surface area contributed by atoms with E-state index < -0.39 is 0 Å². The van der Waals surface area contributed by atoms with Gasteiger partial charge < -0.3 is 15.4 Å². The van der Waals surface area contributed by atoms with E-state index in [0.717, 1.165) is 55.2 Å². The third kappa shape index (κ3) is 4.32. The lowest BCUT2D eigenvalue weighted by molar-refractivity contribution is -0.919. The number of hydrogen-bond acceptors (Lipinski definition) is 3. The van der Waals surface area contributed by atoms with Gasteiger partial charge >= 0.3 is 0 Å². The van der Waals surface area contributed by atoms with Gasteiger partial charge in [0.15, 0.2) is 0 Å². The minimum atomic E-state index is -0.167. The zero-order valence-electron chi connectivity index (χ0n) is 16.7. The zero-order valence-corrected chi connectivity index (χ0v) is 16.7. The first-order chi connectivity index (χ1) is 14.1. The number of amides is 1. The predicted octanol–water partition coefficient (Wildman–Crippen LogP) is 1.83. The molecule has 1 aromatic heterocycles. The summed E-state index contributed by atoms with van der Waals surface area (Å²) in [4.78, 5) is 12.9. The highest BCUT2D eigenvalue weighted by molar-refractivity contribution is 5.76. The maximum atomic E-state index is 11.5. The molecule has 4 rings (SSSR count). The van der Waals surface area contributed by atoms with Crippen LogP contribution in [0, 0.1) is 5.92 Å². The number of carbonyl (C=O) groups excluding carboxylic acids is 1. The molecule has 2 aromatic carbocycles. The van der Waals surface area contributed by atoms with E-state index in [1.165, 1.54) is 10.5 Å². The van der Waals surface area contributed by atoms with Gasteiger partial charge in [-0.1, -0.05) is 18.2 Å². The second kappa shape index (κ2) is 8.49. The van der Waals surface area contributed by atoms with E-state index in [1.54, 1.807) is 7.11 Å². The van der Waals surface area contributed by atoms with Gasteiger partial charge in [-0.15, -0.1) is 0 Å². The molecule has 0 radical (unpaired) electrons. The van der Waals surface area contributed by atoms with Crippen molar-refractivity contribution in [2.75, 3.05) is 20.2 Å². The SMILES string of the molecule is COc1ccc(-c2nn(-c3ccccc3)cc2C[NH+]2CCC(C(N)=O)CC2)cc1. The molecule has 1 aliphatic heterocycles. The van der Waals surface area contributed by atoms with Gasteiger partial charge in [0.2, 0.25) is 5.91 Å². The molecule has 6 nitrogen and oxygen atoms in total. The maximum absolute atomic E-state index is 11.5. The minimum Gasteiger partial charge on any atom is -0.497 e. The van der Waals surface area contributed by atoms with E-state index in [0.29, 0.717) is 0 Å². The summed E-state index contributed by atoms with van der Waals surface area (Å²) in [6.07, 6.45) is 3.84. The number of nitrogens with one attached hydrogen (secondary N) is 1. The Hall–Kier alpha value is -3.12. The van der Waals surface area contributed by atoms with Gasteiger partial charge in [-0.2, -0.15) is 5.10 Å². The summed E-state index contributed by atoms with van der Waals surface area (Å²) in [6.45, 7) is 2.78. The molecule has 0 unspecified atom stereocenters. The first-order valence-electron chi connectivity index (χ1n) is 10.1. The topological polar surface area (TPSA) is 74.6 Å². The van der Waals surface area contributed by atoms with Crippen LogP contribution in [0.4, 0.5) is 0 Å². The third-order valence-corrected chi connectivity index (χ3v) is 5.71. The van der Waals surface area contributed by atoms with Crippen LogP contribution in [-0.2, 0) is 11.3 Å². The van der Waals surface area contributed by atoms with Crippen molar-refractivity contribution in [1.29, 1.82) is 0 Å². The molecule has 150 valence electrons. The highest BCUT2D eigenvalue weighted by Gasteiger charge is 2.27. The van der Waals surface area contributed by atoms with E-state index in [-0.39, 0.29) is 11.8 Å². The van der Waals surface area contributed by atoms with E-state index >= 15 is 0 Å². The van der Waals surface area contributed by atoms with E-state index in [2.05, 4.69) is 30.5 Å². The summed E-state index contributed by atoms with van der Waals surface area (Å²) in [6, 6.07) is 18.2. The quantitative estimate of drug-likeness (QED) is 0.673. The number of aromatic nitrogens is 2. The molecule has 1 amide bonds. The lowest BCUT2D eigenvalue weighted by atomic mass is 9.96. The Kier molecular flexibility index (Phi) is 5.62. The third-order valence-electron chi connectivity index (χ3n) is 5.71. The van der Waals surface area contributed by atoms with Gasteiger partial charge in [0, 0.05) is 30.5 Å².